The highest BCUT2D eigenvalue weighted by Gasteiger charge is 2.30. The van der Waals surface area contributed by atoms with Gasteiger partial charge in [-0.15, -0.1) is 0 Å². The highest BCUT2D eigenvalue weighted by atomic mass is 35.5. The summed E-state index contributed by atoms with van der Waals surface area (Å²) in [7, 11) is 4.24. The van der Waals surface area contributed by atoms with E-state index in [4.69, 9.17) is 34.8 Å². The van der Waals surface area contributed by atoms with E-state index in [1.54, 1.807) is 0 Å². The van der Waals surface area contributed by atoms with Crippen LogP contribution >= 0.6 is 34.8 Å². The number of halogens is 3. The highest BCUT2D eigenvalue weighted by molar-refractivity contribution is 6.36. The summed E-state index contributed by atoms with van der Waals surface area (Å²) in [6, 6.07) is 18.0. The molecule has 1 saturated heterocycles. The SMILES string of the molecule is CN(C)CCN1CCN(Cc2cc(-c3ccccc3Cl)c3c(c2)C(c2c(Cl)cccc2Cl)CC(=O)NC3)CC1. The molecule has 5 nitrogen and oxygen atoms in total. The first kappa shape index (κ1) is 28.4. The summed E-state index contributed by atoms with van der Waals surface area (Å²) in [5.74, 6) is -0.277. The monoisotopic (exact) mass is 584 g/mol. The maximum Gasteiger partial charge on any atom is 0.221 e. The molecule has 0 bridgehead atoms. The van der Waals surface area contributed by atoms with Crippen molar-refractivity contribution in [1.82, 2.24) is 20.0 Å². The van der Waals surface area contributed by atoms with Crippen molar-refractivity contribution in [3.8, 4) is 11.1 Å². The fourth-order valence-electron chi connectivity index (χ4n) is 5.70. The predicted octanol–water partition coefficient (Wildman–Crippen LogP) is 6.14. The first-order valence-corrected chi connectivity index (χ1v) is 14.6. The normalized spacial score (nSPS) is 18.6. The average molecular weight is 586 g/mol. The van der Waals surface area contributed by atoms with E-state index in [2.05, 4.69) is 52.3 Å². The lowest BCUT2D eigenvalue weighted by atomic mass is 9.82. The summed E-state index contributed by atoms with van der Waals surface area (Å²) in [5.41, 5.74) is 6.16. The number of rotatable bonds is 7. The Morgan fingerprint density at radius 1 is 0.872 bits per heavy atom. The number of hydrogen-bond acceptors (Lipinski definition) is 4. The Bertz CT molecular complexity index is 1320. The number of nitrogens with zero attached hydrogens (tertiary/aromatic N) is 3. The molecule has 3 aromatic rings. The summed E-state index contributed by atoms with van der Waals surface area (Å²) in [6.07, 6.45) is 0.284. The molecule has 0 radical (unpaired) electrons. The zero-order chi connectivity index (χ0) is 27.5. The molecular formula is C31H35Cl3N4O. The molecular weight excluding hydrogens is 551 g/mol. The van der Waals surface area contributed by atoms with E-state index >= 15 is 0 Å². The molecule has 0 aliphatic carbocycles. The van der Waals surface area contributed by atoms with Crippen molar-refractivity contribution < 1.29 is 4.79 Å². The third kappa shape index (κ3) is 6.62. The van der Waals surface area contributed by atoms with Gasteiger partial charge in [0.15, 0.2) is 0 Å². The Balaban J connectivity index is 1.55. The average Bonchev–Trinajstić information content (AvgIpc) is 3.07. The van der Waals surface area contributed by atoms with E-state index in [1.165, 1.54) is 5.56 Å². The Kier molecular flexibility index (Phi) is 9.17. The molecule has 1 N–H and O–H groups in total. The van der Waals surface area contributed by atoms with Gasteiger partial charge in [0.05, 0.1) is 0 Å². The lowest BCUT2D eigenvalue weighted by Gasteiger charge is -2.35. The summed E-state index contributed by atoms with van der Waals surface area (Å²) in [4.78, 5) is 20.2. The lowest BCUT2D eigenvalue weighted by Crippen LogP contribution is -2.47. The van der Waals surface area contributed by atoms with Gasteiger partial charge >= 0.3 is 0 Å². The first-order chi connectivity index (χ1) is 18.8. The van der Waals surface area contributed by atoms with Gasteiger partial charge in [0.25, 0.3) is 0 Å². The second-order valence-electron chi connectivity index (χ2n) is 10.8. The molecule has 2 heterocycles. The van der Waals surface area contributed by atoms with Gasteiger partial charge in [0, 0.05) is 85.3 Å². The molecule has 1 unspecified atom stereocenters. The molecule has 0 saturated carbocycles. The maximum atomic E-state index is 13.0. The van der Waals surface area contributed by atoms with Crippen LogP contribution in [0.3, 0.4) is 0 Å². The second kappa shape index (κ2) is 12.6. The number of benzene rings is 3. The number of hydrogen-bond donors (Lipinski definition) is 1. The topological polar surface area (TPSA) is 38.8 Å². The van der Waals surface area contributed by atoms with Gasteiger partial charge in [-0.3, -0.25) is 14.6 Å². The quantitative estimate of drug-likeness (QED) is 0.361. The van der Waals surface area contributed by atoms with Crippen LogP contribution in [0.4, 0.5) is 0 Å². The number of nitrogens with one attached hydrogen (secondary N) is 1. The van der Waals surface area contributed by atoms with Crippen molar-refractivity contribution in [3.05, 3.63) is 91.9 Å². The fourth-order valence-corrected chi connectivity index (χ4v) is 6.60. The number of likely N-dealkylation sites (N-methyl/N-ethyl adjacent to an activating group) is 1. The second-order valence-corrected chi connectivity index (χ2v) is 12.0. The van der Waals surface area contributed by atoms with Gasteiger partial charge in [0.1, 0.15) is 0 Å². The number of piperazine rings is 1. The van der Waals surface area contributed by atoms with E-state index in [-0.39, 0.29) is 18.2 Å². The van der Waals surface area contributed by atoms with Crippen LogP contribution in [0.15, 0.2) is 54.6 Å². The summed E-state index contributed by atoms with van der Waals surface area (Å²) < 4.78 is 0. The molecule has 206 valence electrons. The molecule has 1 amide bonds. The summed E-state index contributed by atoms with van der Waals surface area (Å²) in [6.45, 7) is 7.59. The third-order valence-electron chi connectivity index (χ3n) is 7.82. The molecule has 3 aromatic carbocycles. The van der Waals surface area contributed by atoms with Crippen LogP contribution in [-0.2, 0) is 17.9 Å². The summed E-state index contributed by atoms with van der Waals surface area (Å²) in [5, 5.41) is 4.95. The van der Waals surface area contributed by atoms with Crippen LogP contribution in [0.1, 0.15) is 34.6 Å². The van der Waals surface area contributed by atoms with Crippen molar-refractivity contribution in [2.75, 3.05) is 53.4 Å². The lowest BCUT2D eigenvalue weighted by molar-refractivity contribution is -0.121. The molecule has 2 aliphatic rings. The first-order valence-electron chi connectivity index (χ1n) is 13.5. The highest BCUT2D eigenvalue weighted by Crippen LogP contribution is 2.44. The summed E-state index contributed by atoms with van der Waals surface area (Å²) >= 11 is 20.2. The van der Waals surface area contributed by atoms with Crippen molar-refractivity contribution in [2.24, 2.45) is 0 Å². The Morgan fingerprint density at radius 2 is 1.54 bits per heavy atom. The number of fused-ring (bicyclic) bond motifs is 1. The smallest absolute Gasteiger partial charge is 0.221 e. The molecule has 0 spiro atoms. The third-order valence-corrected chi connectivity index (χ3v) is 8.81. The van der Waals surface area contributed by atoms with Crippen LogP contribution in [-0.4, -0.2) is 74.0 Å². The molecule has 2 aliphatic heterocycles. The Labute approximate surface area is 246 Å². The van der Waals surface area contributed by atoms with E-state index in [0.717, 1.165) is 73.6 Å². The Hall–Kier alpha value is -2.12. The molecule has 0 aromatic heterocycles. The maximum absolute atomic E-state index is 13.0. The zero-order valence-corrected chi connectivity index (χ0v) is 24.8. The van der Waals surface area contributed by atoms with E-state index in [9.17, 15) is 4.79 Å². The zero-order valence-electron chi connectivity index (χ0n) is 22.5. The van der Waals surface area contributed by atoms with Crippen LogP contribution in [0.25, 0.3) is 11.1 Å². The van der Waals surface area contributed by atoms with Crippen LogP contribution in [0.2, 0.25) is 15.1 Å². The van der Waals surface area contributed by atoms with Gasteiger partial charge in [0.2, 0.25) is 5.91 Å². The van der Waals surface area contributed by atoms with Gasteiger partial charge in [-0.2, -0.15) is 0 Å². The molecule has 1 atom stereocenters. The standard InChI is InChI=1S/C31H35Cl3N4O/c1-36(2)10-11-37-12-14-38(15-13-37)20-21-16-23(22-6-3-4-7-27(22)32)26-19-35-30(39)18-25(24(26)17-21)31-28(33)8-5-9-29(31)34/h3-9,16-17,25H,10-15,18-20H2,1-2H3,(H,35,39). The number of carbonyl (C=O) groups is 1. The van der Waals surface area contributed by atoms with E-state index in [1.807, 2.05) is 36.4 Å². The predicted molar refractivity (Wildman–Crippen MR) is 162 cm³/mol. The van der Waals surface area contributed by atoms with Gasteiger partial charge in [-0.05, 0) is 66.2 Å². The largest absolute Gasteiger partial charge is 0.352 e. The van der Waals surface area contributed by atoms with Crippen molar-refractivity contribution >= 4 is 40.7 Å². The van der Waals surface area contributed by atoms with Gasteiger partial charge in [-0.25, -0.2) is 0 Å². The fraction of sp³-hybridized carbons (Fsp3) is 0.387. The minimum Gasteiger partial charge on any atom is -0.352 e. The molecule has 1 fully saturated rings. The van der Waals surface area contributed by atoms with E-state index in [0.29, 0.717) is 21.6 Å². The van der Waals surface area contributed by atoms with Crippen molar-refractivity contribution in [3.63, 3.8) is 0 Å². The van der Waals surface area contributed by atoms with Crippen molar-refractivity contribution in [2.45, 2.75) is 25.4 Å². The minimum atomic E-state index is -0.257. The molecule has 39 heavy (non-hydrogen) atoms. The Morgan fingerprint density at radius 3 is 2.23 bits per heavy atom. The van der Waals surface area contributed by atoms with Crippen LogP contribution in [0.5, 0.6) is 0 Å². The minimum absolute atomic E-state index is 0.0207. The van der Waals surface area contributed by atoms with E-state index < -0.39 is 0 Å². The van der Waals surface area contributed by atoms with Crippen LogP contribution in [0, 0.1) is 0 Å². The molecule has 5 rings (SSSR count). The van der Waals surface area contributed by atoms with Crippen LogP contribution < -0.4 is 5.32 Å². The molecule has 8 heteroatoms. The number of amides is 1. The van der Waals surface area contributed by atoms with Gasteiger partial charge < -0.3 is 10.2 Å². The number of carbonyl (C=O) groups excluding carboxylic acids is 1. The van der Waals surface area contributed by atoms with Gasteiger partial charge in [-0.1, -0.05) is 65.1 Å². The van der Waals surface area contributed by atoms with Crippen molar-refractivity contribution in [1.29, 1.82) is 0 Å².